The Morgan fingerprint density at radius 1 is 0.783 bits per heavy atom. The standard InChI is InChI=1S/C19H36O4/c1-11(2)17(20)15-7-13(5)9-19(22-15)10-14(6)8-16(23-19)18(21)12(3)4/h11-18,20-21H,7-10H2,1-6H3/t13-,14+,15-,16-,17-,18-,19?/m1/s1. The summed E-state index contributed by atoms with van der Waals surface area (Å²) >= 11 is 0. The molecule has 1 unspecified atom stereocenters. The van der Waals surface area contributed by atoms with Crippen LogP contribution in [-0.2, 0) is 9.47 Å². The summed E-state index contributed by atoms with van der Waals surface area (Å²) in [6, 6.07) is 0. The van der Waals surface area contributed by atoms with E-state index in [1.54, 1.807) is 0 Å². The van der Waals surface area contributed by atoms with Gasteiger partial charge in [-0.05, 0) is 36.5 Å². The van der Waals surface area contributed by atoms with Crippen molar-refractivity contribution in [1.82, 2.24) is 0 Å². The van der Waals surface area contributed by atoms with Crippen LogP contribution < -0.4 is 0 Å². The summed E-state index contributed by atoms with van der Waals surface area (Å²) in [5.41, 5.74) is 0. The second-order valence-electron chi connectivity index (χ2n) is 8.78. The van der Waals surface area contributed by atoms with Crippen molar-refractivity contribution in [3.8, 4) is 0 Å². The van der Waals surface area contributed by atoms with E-state index in [2.05, 4.69) is 13.8 Å². The molecule has 0 aromatic rings. The quantitative estimate of drug-likeness (QED) is 0.831. The van der Waals surface area contributed by atoms with Crippen LogP contribution >= 0.6 is 0 Å². The molecule has 0 bridgehead atoms. The third-order valence-electron chi connectivity index (χ3n) is 5.45. The third-order valence-corrected chi connectivity index (χ3v) is 5.45. The van der Waals surface area contributed by atoms with Crippen LogP contribution in [0.15, 0.2) is 0 Å². The van der Waals surface area contributed by atoms with Crippen LogP contribution in [0.5, 0.6) is 0 Å². The molecule has 0 amide bonds. The predicted octanol–water partition coefficient (Wildman–Crippen LogP) is 3.35. The Labute approximate surface area is 141 Å². The van der Waals surface area contributed by atoms with Gasteiger partial charge in [-0.3, -0.25) is 0 Å². The Balaban J connectivity index is 2.17. The molecule has 0 aromatic carbocycles. The number of rotatable bonds is 4. The minimum atomic E-state index is -0.642. The van der Waals surface area contributed by atoms with Gasteiger partial charge in [-0.25, -0.2) is 0 Å². The average Bonchev–Trinajstić information content (AvgIpc) is 2.43. The molecule has 2 aliphatic rings. The third kappa shape index (κ3) is 4.47. The molecular formula is C19H36O4. The van der Waals surface area contributed by atoms with Crippen molar-refractivity contribution in [3.05, 3.63) is 0 Å². The van der Waals surface area contributed by atoms with Gasteiger partial charge in [0.25, 0.3) is 0 Å². The zero-order chi connectivity index (χ0) is 17.4. The van der Waals surface area contributed by atoms with Gasteiger partial charge in [0.15, 0.2) is 5.79 Å². The number of hydrogen-bond donors (Lipinski definition) is 2. The molecule has 136 valence electrons. The molecule has 7 atom stereocenters. The number of aliphatic hydroxyl groups excluding tert-OH is 2. The molecule has 2 fully saturated rings. The van der Waals surface area contributed by atoms with Crippen LogP contribution in [-0.4, -0.2) is 40.4 Å². The molecule has 4 nitrogen and oxygen atoms in total. The molecule has 1 spiro atoms. The van der Waals surface area contributed by atoms with Crippen molar-refractivity contribution < 1.29 is 19.7 Å². The second-order valence-corrected chi connectivity index (χ2v) is 8.78. The first-order chi connectivity index (χ1) is 10.6. The van der Waals surface area contributed by atoms with E-state index in [0.717, 1.165) is 25.7 Å². The van der Waals surface area contributed by atoms with Gasteiger partial charge in [-0.2, -0.15) is 0 Å². The summed E-state index contributed by atoms with van der Waals surface area (Å²) in [7, 11) is 0. The smallest absolute Gasteiger partial charge is 0.169 e. The minimum absolute atomic E-state index is 0.167. The minimum Gasteiger partial charge on any atom is -0.390 e. The van der Waals surface area contributed by atoms with Crippen molar-refractivity contribution in [2.24, 2.45) is 23.7 Å². The van der Waals surface area contributed by atoms with E-state index in [4.69, 9.17) is 9.47 Å². The fourth-order valence-corrected chi connectivity index (χ4v) is 4.25. The SMILES string of the molecule is CC(C)[C@@H](O)[C@H]1C[C@@H](C)CC2(C[C@@H](C)C[C@H]([C@H](O)C(C)C)O2)O1. The maximum atomic E-state index is 10.5. The lowest BCUT2D eigenvalue weighted by molar-refractivity contribution is -0.349. The predicted molar refractivity (Wildman–Crippen MR) is 91.0 cm³/mol. The van der Waals surface area contributed by atoms with Gasteiger partial charge in [0, 0.05) is 12.8 Å². The molecule has 0 aliphatic carbocycles. The maximum absolute atomic E-state index is 10.5. The fraction of sp³-hybridized carbons (Fsp3) is 1.00. The lowest BCUT2D eigenvalue weighted by Crippen LogP contribution is -2.56. The maximum Gasteiger partial charge on any atom is 0.169 e. The molecule has 0 saturated carbocycles. The van der Waals surface area contributed by atoms with E-state index < -0.39 is 18.0 Å². The average molecular weight is 328 g/mol. The van der Waals surface area contributed by atoms with Crippen LogP contribution in [0.2, 0.25) is 0 Å². The van der Waals surface area contributed by atoms with Gasteiger partial charge in [-0.15, -0.1) is 0 Å². The number of ether oxygens (including phenoxy) is 2. The summed E-state index contributed by atoms with van der Waals surface area (Å²) < 4.78 is 12.7. The monoisotopic (exact) mass is 328 g/mol. The van der Waals surface area contributed by atoms with E-state index in [1.165, 1.54) is 0 Å². The normalized spacial score (nSPS) is 41.5. The molecule has 2 rings (SSSR count). The van der Waals surface area contributed by atoms with E-state index in [-0.39, 0.29) is 24.0 Å². The Morgan fingerprint density at radius 2 is 1.13 bits per heavy atom. The zero-order valence-corrected chi connectivity index (χ0v) is 15.7. The highest BCUT2D eigenvalue weighted by atomic mass is 16.7. The molecule has 2 N–H and O–H groups in total. The lowest BCUT2D eigenvalue weighted by Gasteiger charge is -2.51. The molecule has 2 heterocycles. The highest BCUT2D eigenvalue weighted by molar-refractivity contribution is 4.92. The summed E-state index contributed by atoms with van der Waals surface area (Å²) in [6.07, 6.45) is 2.14. The first kappa shape index (κ1) is 19.2. The van der Waals surface area contributed by atoms with Gasteiger partial charge in [0.1, 0.15) is 0 Å². The summed E-state index contributed by atoms with van der Waals surface area (Å²) in [4.78, 5) is 0. The molecular weight excluding hydrogens is 292 g/mol. The highest BCUT2D eigenvalue weighted by Crippen LogP contribution is 2.45. The summed E-state index contributed by atoms with van der Waals surface area (Å²) in [6.45, 7) is 12.5. The van der Waals surface area contributed by atoms with Crippen molar-refractivity contribution in [3.63, 3.8) is 0 Å². The fourth-order valence-electron chi connectivity index (χ4n) is 4.25. The van der Waals surface area contributed by atoms with Crippen molar-refractivity contribution in [2.45, 2.75) is 97.4 Å². The molecule has 0 radical (unpaired) electrons. The van der Waals surface area contributed by atoms with E-state index in [1.807, 2.05) is 27.7 Å². The van der Waals surface area contributed by atoms with Crippen molar-refractivity contribution in [2.75, 3.05) is 0 Å². The van der Waals surface area contributed by atoms with Crippen LogP contribution in [0.1, 0.15) is 67.2 Å². The molecule has 4 heteroatoms. The number of aliphatic hydroxyl groups is 2. The van der Waals surface area contributed by atoms with Gasteiger partial charge < -0.3 is 19.7 Å². The molecule has 2 saturated heterocycles. The van der Waals surface area contributed by atoms with Gasteiger partial charge in [0.05, 0.1) is 24.4 Å². The largest absolute Gasteiger partial charge is 0.390 e. The van der Waals surface area contributed by atoms with Crippen molar-refractivity contribution >= 4 is 0 Å². The molecule has 23 heavy (non-hydrogen) atoms. The van der Waals surface area contributed by atoms with Gasteiger partial charge in [-0.1, -0.05) is 41.5 Å². The Hall–Kier alpha value is -0.160. The van der Waals surface area contributed by atoms with Crippen LogP contribution in [0.4, 0.5) is 0 Å². The van der Waals surface area contributed by atoms with Crippen LogP contribution in [0, 0.1) is 23.7 Å². The summed E-state index contributed by atoms with van der Waals surface area (Å²) in [5, 5.41) is 21.0. The van der Waals surface area contributed by atoms with E-state index in [9.17, 15) is 10.2 Å². The Morgan fingerprint density at radius 3 is 1.43 bits per heavy atom. The van der Waals surface area contributed by atoms with Crippen LogP contribution in [0.3, 0.4) is 0 Å². The molecule has 0 aromatic heterocycles. The van der Waals surface area contributed by atoms with Crippen LogP contribution in [0.25, 0.3) is 0 Å². The van der Waals surface area contributed by atoms with Gasteiger partial charge in [0.2, 0.25) is 0 Å². The van der Waals surface area contributed by atoms with Gasteiger partial charge >= 0.3 is 0 Å². The number of hydrogen-bond acceptors (Lipinski definition) is 4. The topological polar surface area (TPSA) is 58.9 Å². The van der Waals surface area contributed by atoms with E-state index in [0.29, 0.717) is 11.8 Å². The second kappa shape index (κ2) is 7.38. The Bertz CT molecular complexity index is 346. The molecule has 2 aliphatic heterocycles. The first-order valence-electron chi connectivity index (χ1n) is 9.35. The Kier molecular flexibility index (Phi) is 6.15. The highest BCUT2D eigenvalue weighted by Gasteiger charge is 2.49. The zero-order valence-electron chi connectivity index (χ0n) is 15.7. The lowest BCUT2D eigenvalue weighted by atomic mass is 9.79. The first-order valence-corrected chi connectivity index (χ1v) is 9.35. The van der Waals surface area contributed by atoms with Crippen molar-refractivity contribution in [1.29, 1.82) is 0 Å². The summed E-state index contributed by atoms with van der Waals surface area (Å²) in [5.74, 6) is 0.588. The van der Waals surface area contributed by atoms with E-state index >= 15 is 0 Å².